The first-order valence-corrected chi connectivity index (χ1v) is 26.8. The van der Waals surface area contributed by atoms with E-state index in [0.29, 0.717) is 28.4 Å². The SMILES string of the molecule is C=O.CC(C)(C)OC(=O)Oc1ccc(C(=O)OCc2ccccc2)cc1.CC(C)(C)OC(=O)Oc1ccc(O)cc1.CCCCCc1ccc(N)cc1.CCCCCc1ccc(NC(=O)c2ccc(OC(=O)OC(C)(C)C)cc2)cc1.[HH]. The van der Waals surface area contributed by atoms with E-state index >= 15 is 0 Å². The molecule has 0 bridgehead atoms. The molecule has 0 aromatic heterocycles. The number of rotatable bonds is 16. The maximum atomic E-state index is 12.4. The highest BCUT2D eigenvalue weighted by Crippen LogP contribution is 2.21. The average molecular weight is 1120 g/mol. The van der Waals surface area contributed by atoms with Crippen LogP contribution in [0.1, 0.15) is 154 Å². The van der Waals surface area contributed by atoms with Gasteiger partial charge in [0.15, 0.2) is 0 Å². The first-order chi connectivity index (χ1) is 38.3. The molecule has 0 heterocycles. The average Bonchev–Trinajstić information content (AvgIpc) is 3.45. The highest BCUT2D eigenvalue weighted by atomic mass is 16.7. The van der Waals surface area contributed by atoms with E-state index in [1.165, 1.54) is 105 Å². The molecule has 0 radical (unpaired) electrons. The number of esters is 1. The predicted molar refractivity (Wildman–Crippen MR) is 318 cm³/mol. The number of ether oxygens (including phenoxy) is 7. The van der Waals surface area contributed by atoms with Crippen LogP contribution in [0.4, 0.5) is 25.8 Å². The zero-order valence-corrected chi connectivity index (χ0v) is 48.8. The van der Waals surface area contributed by atoms with Gasteiger partial charge in [-0.2, -0.15) is 0 Å². The number of carbonyl (C=O) groups excluding carboxylic acids is 6. The fraction of sp³-hybridized carbons (Fsp3) is 0.354. The molecule has 0 atom stereocenters. The zero-order chi connectivity index (χ0) is 60.4. The highest BCUT2D eigenvalue weighted by Gasteiger charge is 2.21. The van der Waals surface area contributed by atoms with E-state index in [1.54, 1.807) is 86.6 Å². The summed E-state index contributed by atoms with van der Waals surface area (Å²) in [4.78, 5) is 66.8. The molecule has 0 aliphatic heterocycles. The summed E-state index contributed by atoms with van der Waals surface area (Å²) in [7, 11) is 0. The van der Waals surface area contributed by atoms with Crippen molar-refractivity contribution < 1.29 is 68.5 Å². The fourth-order valence-corrected chi connectivity index (χ4v) is 6.56. The second-order valence-electron chi connectivity index (χ2n) is 21.1. The topological polar surface area (TPSA) is 225 Å². The van der Waals surface area contributed by atoms with Crippen molar-refractivity contribution in [2.75, 3.05) is 11.1 Å². The summed E-state index contributed by atoms with van der Waals surface area (Å²) in [5.74, 6) is 0.407. The van der Waals surface area contributed by atoms with E-state index in [1.807, 2.05) is 73.5 Å². The largest absolute Gasteiger partial charge is 0.514 e. The van der Waals surface area contributed by atoms with Crippen LogP contribution in [-0.4, -0.2) is 59.0 Å². The number of aromatic hydroxyl groups is 1. The van der Waals surface area contributed by atoms with Gasteiger partial charge in [0.05, 0.1) is 5.56 Å². The number of hydrogen-bond acceptors (Lipinski definition) is 15. The van der Waals surface area contributed by atoms with Gasteiger partial charge in [-0.3, -0.25) is 4.79 Å². The summed E-state index contributed by atoms with van der Waals surface area (Å²) in [5.41, 5.74) is 9.80. The summed E-state index contributed by atoms with van der Waals surface area (Å²) in [6.07, 6.45) is 7.44. The lowest BCUT2D eigenvalue weighted by Crippen LogP contribution is -2.26. The minimum Gasteiger partial charge on any atom is -0.508 e. The summed E-state index contributed by atoms with van der Waals surface area (Å²) in [5, 5.41) is 11.9. The molecule has 16 nitrogen and oxygen atoms in total. The molecule has 0 unspecified atom stereocenters. The van der Waals surface area contributed by atoms with Crippen molar-refractivity contribution in [1.29, 1.82) is 0 Å². The summed E-state index contributed by atoms with van der Waals surface area (Å²) in [6, 6.07) is 43.8. The van der Waals surface area contributed by atoms with Gasteiger partial charge in [0.25, 0.3) is 5.91 Å². The number of phenols is 1. The Morgan fingerprint density at radius 3 is 1.23 bits per heavy atom. The lowest BCUT2D eigenvalue weighted by molar-refractivity contribution is -0.0980. The lowest BCUT2D eigenvalue weighted by atomic mass is 10.1. The Morgan fingerprint density at radius 1 is 0.481 bits per heavy atom. The molecule has 1 amide bonds. The van der Waals surface area contributed by atoms with Crippen LogP contribution in [0.2, 0.25) is 0 Å². The highest BCUT2D eigenvalue weighted by molar-refractivity contribution is 6.04. The number of carbonyl (C=O) groups is 6. The van der Waals surface area contributed by atoms with Crippen molar-refractivity contribution in [1.82, 2.24) is 0 Å². The molecule has 6 aromatic rings. The number of aryl methyl sites for hydroxylation is 2. The molecule has 438 valence electrons. The molecular formula is C65H84N2O14. The molecule has 81 heavy (non-hydrogen) atoms. The van der Waals surface area contributed by atoms with Gasteiger partial charge in [0.1, 0.15) is 53.2 Å². The Balaban J connectivity index is 0.000000564. The molecule has 0 fully saturated rings. The van der Waals surface area contributed by atoms with Crippen LogP contribution < -0.4 is 25.3 Å². The molecule has 4 N–H and O–H groups in total. The first-order valence-electron chi connectivity index (χ1n) is 26.8. The Morgan fingerprint density at radius 2 is 0.852 bits per heavy atom. The molecule has 0 saturated carbocycles. The number of hydrogen-bond donors (Lipinski definition) is 3. The van der Waals surface area contributed by atoms with Crippen LogP contribution >= 0.6 is 0 Å². The quantitative estimate of drug-likeness (QED) is 0.0269. The maximum Gasteiger partial charge on any atom is 0.514 e. The minimum atomic E-state index is -0.790. The van der Waals surface area contributed by atoms with Crippen molar-refractivity contribution in [2.45, 2.75) is 151 Å². The second-order valence-corrected chi connectivity index (χ2v) is 21.1. The third kappa shape index (κ3) is 32.1. The number of anilines is 2. The van der Waals surface area contributed by atoms with Crippen molar-refractivity contribution in [2.24, 2.45) is 0 Å². The number of nitrogen functional groups attached to an aromatic ring is 1. The Bertz CT molecular complexity index is 2770. The second kappa shape index (κ2) is 35.8. The number of phenolic OH excluding ortho intramolecular Hbond substituents is 1. The predicted octanol–water partition coefficient (Wildman–Crippen LogP) is 16.1. The lowest BCUT2D eigenvalue weighted by Gasteiger charge is -2.18. The first kappa shape index (κ1) is 68.4. The van der Waals surface area contributed by atoms with Crippen LogP contribution in [0.3, 0.4) is 0 Å². The van der Waals surface area contributed by atoms with Crippen molar-refractivity contribution >= 4 is 48.5 Å². The van der Waals surface area contributed by atoms with Gasteiger partial charge in [-0.25, -0.2) is 19.2 Å². The van der Waals surface area contributed by atoms with Crippen LogP contribution in [0.15, 0.2) is 152 Å². The number of benzene rings is 6. The van der Waals surface area contributed by atoms with Gasteiger partial charge in [-0.15, -0.1) is 0 Å². The summed E-state index contributed by atoms with van der Waals surface area (Å²) in [6.45, 7) is 22.4. The molecule has 6 rings (SSSR count). The van der Waals surface area contributed by atoms with Gasteiger partial charge < -0.3 is 54.1 Å². The normalized spacial score (nSPS) is 10.6. The van der Waals surface area contributed by atoms with E-state index in [4.69, 9.17) is 48.8 Å². The smallest absolute Gasteiger partial charge is 0.508 e. The van der Waals surface area contributed by atoms with Crippen LogP contribution in [0, 0.1) is 0 Å². The van der Waals surface area contributed by atoms with Gasteiger partial charge in [0, 0.05) is 18.4 Å². The van der Waals surface area contributed by atoms with Crippen molar-refractivity contribution in [3.63, 3.8) is 0 Å². The van der Waals surface area contributed by atoms with Crippen molar-refractivity contribution in [3.8, 4) is 23.0 Å². The summed E-state index contributed by atoms with van der Waals surface area (Å²) < 4.78 is 35.3. The Kier molecular flexibility index (Phi) is 30.2. The molecule has 16 heteroatoms. The molecule has 0 aliphatic rings. The van der Waals surface area contributed by atoms with Gasteiger partial charge in [-0.1, -0.05) is 94.1 Å². The summed E-state index contributed by atoms with van der Waals surface area (Å²) >= 11 is 0. The van der Waals surface area contributed by atoms with Crippen LogP contribution in [0.25, 0.3) is 0 Å². The molecule has 0 spiro atoms. The standard InChI is InChI=1S/C23H29NO4.C19H20O5.C11H17N.C11H14O4.CH2O.H2/c1-5-6-7-8-17-9-13-19(14-10-17)24-21(25)18-11-15-20(16-12-18)27-22(26)28-23(2,3)4;1-19(2,3)24-18(21)23-16-11-9-15(10-12-16)17(20)22-13-14-7-5-4-6-8-14;1-2-3-4-5-10-6-8-11(12)9-7-10;1-11(2,3)15-10(13)14-9-6-4-8(12)5-7-9;1-2;/h9-16H,5-8H2,1-4H3,(H,24,25);4-12H,13H2,1-3H3;6-9H,2-5,12H2,1H3;4-7,12H,1-3H3;1H2;1H. The monoisotopic (exact) mass is 1120 g/mol. The Labute approximate surface area is 479 Å². The van der Waals surface area contributed by atoms with Gasteiger partial charge >= 0.3 is 24.4 Å². The Hall–Kier alpha value is -8.66. The van der Waals surface area contributed by atoms with E-state index in [2.05, 4.69) is 31.3 Å². The van der Waals surface area contributed by atoms with E-state index in [-0.39, 0.29) is 19.7 Å². The third-order valence-electron chi connectivity index (χ3n) is 10.4. The van der Waals surface area contributed by atoms with Gasteiger partial charge in [-0.05, 0) is 202 Å². The molecular weight excluding hydrogens is 1030 g/mol. The van der Waals surface area contributed by atoms with Crippen LogP contribution in [-0.2, 0) is 43.2 Å². The zero-order valence-electron chi connectivity index (χ0n) is 48.8. The third-order valence-corrected chi connectivity index (χ3v) is 10.4. The van der Waals surface area contributed by atoms with E-state index in [0.717, 1.165) is 23.4 Å². The van der Waals surface area contributed by atoms with E-state index in [9.17, 15) is 24.0 Å². The molecule has 0 aliphatic carbocycles. The fourth-order valence-electron chi connectivity index (χ4n) is 6.56. The molecule has 6 aromatic carbocycles. The number of amides is 1. The maximum absolute atomic E-state index is 12.4. The number of nitrogens with two attached hydrogens (primary N) is 1. The van der Waals surface area contributed by atoms with Crippen molar-refractivity contribution in [3.05, 3.63) is 179 Å². The van der Waals surface area contributed by atoms with E-state index < -0.39 is 41.2 Å². The number of unbranched alkanes of at least 4 members (excludes halogenated alkanes) is 4. The minimum absolute atomic E-state index is 0. The number of nitrogens with one attached hydrogen (secondary N) is 1. The van der Waals surface area contributed by atoms with Gasteiger partial charge in [0.2, 0.25) is 0 Å². The molecule has 0 saturated heterocycles. The van der Waals surface area contributed by atoms with Crippen LogP contribution in [0.5, 0.6) is 23.0 Å².